The van der Waals surface area contributed by atoms with Crippen molar-refractivity contribution in [1.82, 2.24) is 14.8 Å². The summed E-state index contributed by atoms with van der Waals surface area (Å²) >= 11 is 18.9. The molecule has 0 bridgehead atoms. The number of aromatic nitrogens is 3. The fraction of sp³-hybridized carbons (Fsp3) is 0.261. The number of ketones is 1. The molecule has 5 rings (SSSR count). The molecule has 5 nitrogen and oxygen atoms in total. The molecular formula is C23H19Cl3N4O. The maximum atomic E-state index is 13.3. The van der Waals surface area contributed by atoms with Gasteiger partial charge in [-0.05, 0) is 41.7 Å². The van der Waals surface area contributed by atoms with E-state index in [-0.39, 0.29) is 11.2 Å². The van der Waals surface area contributed by atoms with Gasteiger partial charge in [0.1, 0.15) is 6.04 Å². The van der Waals surface area contributed by atoms with Gasteiger partial charge in [-0.3, -0.25) is 4.79 Å². The Hall–Kier alpha value is -2.34. The highest BCUT2D eigenvalue weighted by atomic mass is 35.5. The number of carbonyl (C=O) groups is 1. The van der Waals surface area contributed by atoms with Crippen molar-refractivity contribution in [3.63, 3.8) is 0 Å². The lowest BCUT2D eigenvalue weighted by molar-refractivity contribution is -0.118. The molecule has 158 valence electrons. The van der Waals surface area contributed by atoms with E-state index in [4.69, 9.17) is 44.9 Å². The Morgan fingerprint density at radius 2 is 1.81 bits per heavy atom. The van der Waals surface area contributed by atoms with Gasteiger partial charge in [0.05, 0.1) is 15.1 Å². The molecule has 0 fully saturated rings. The van der Waals surface area contributed by atoms with Crippen LogP contribution in [0, 0.1) is 5.41 Å². The first-order valence-corrected chi connectivity index (χ1v) is 11.1. The van der Waals surface area contributed by atoms with Crippen LogP contribution in [0.1, 0.15) is 38.3 Å². The minimum Gasteiger partial charge on any atom is -0.328 e. The monoisotopic (exact) mass is 472 g/mol. The summed E-state index contributed by atoms with van der Waals surface area (Å²) in [5, 5.41) is 9.56. The molecule has 0 radical (unpaired) electrons. The molecule has 1 aliphatic carbocycles. The lowest BCUT2D eigenvalue weighted by Gasteiger charge is -2.38. The number of halogens is 3. The second kappa shape index (κ2) is 7.37. The Morgan fingerprint density at radius 1 is 1.03 bits per heavy atom. The van der Waals surface area contributed by atoms with Crippen LogP contribution in [0.5, 0.6) is 0 Å². The van der Waals surface area contributed by atoms with Crippen LogP contribution in [0.2, 0.25) is 15.1 Å². The van der Waals surface area contributed by atoms with Crippen molar-refractivity contribution in [3.05, 3.63) is 74.4 Å². The summed E-state index contributed by atoms with van der Waals surface area (Å²) in [6.07, 6.45) is 1.20. The van der Waals surface area contributed by atoms with Gasteiger partial charge in [-0.15, -0.1) is 5.10 Å². The van der Waals surface area contributed by atoms with Gasteiger partial charge < -0.3 is 5.32 Å². The number of anilines is 1. The van der Waals surface area contributed by atoms with Crippen molar-refractivity contribution < 1.29 is 4.79 Å². The molecule has 1 aromatic heterocycles. The van der Waals surface area contributed by atoms with Crippen LogP contribution < -0.4 is 5.32 Å². The smallest absolute Gasteiger partial charge is 0.226 e. The molecule has 8 heteroatoms. The van der Waals surface area contributed by atoms with Crippen LogP contribution in [0.15, 0.2) is 53.7 Å². The van der Waals surface area contributed by atoms with E-state index in [0.29, 0.717) is 38.8 Å². The highest BCUT2D eigenvalue weighted by Gasteiger charge is 2.42. The Labute approximate surface area is 195 Å². The predicted molar refractivity (Wildman–Crippen MR) is 124 cm³/mol. The molecule has 2 aliphatic rings. The fourth-order valence-corrected chi connectivity index (χ4v) is 4.88. The van der Waals surface area contributed by atoms with Crippen LogP contribution >= 0.6 is 34.8 Å². The number of hydrogen-bond donors (Lipinski definition) is 1. The number of carbonyl (C=O) groups excluding carboxylic acids is 1. The molecule has 0 spiro atoms. The summed E-state index contributed by atoms with van der Waals surface area (Å²) < 4.78 is 1.74. The van der Waals surface area contributed by atoms with Gasteiger partial charge in [-0.1, -0.05) is 66.8 Å². The van der Waals surface area contributed by atoms with Gasteiger partial charge in [0, 0.05) is 23.3 Å². The number of allylic oxidation sites excluding steroid dienone is 2. The molecule has 1 unspecified atom stereocenters. The van der Waals surface area contributed by atoms with Crippen molar-refractivity contribution in [1.29, 1.82) is 0 Å². The third-order valence-corrected chi connectivity index (χ3v) is 6.77. The number of rotatable bonds is 2. The standard InChI is InChI=1S/C23H19Cl3N4O/c1-23(2)10-17-19(18(31)11-23)20(12-7-8-15(25)16(26)9-12)30-22(27-17)28-21(29-30)13-5-3-4-6-14(13)24/h3-9,20H,10-11H2,1-2H3,(H,27,28,29). The lowest BCUT2D eigenvalue weighted by Crippen LogP contribution is -2.36. The normalized spacial score (nSPS) is 19.6. The van der Waals surface area contributed by atoms with Gasteiger partial charge in [-0.25, -0.2) is 4.68 Å². The third-order valence-electron chi connectivity index (χ3n) is 5.71. The van der Waals surface area contributed by atoms with Crippen LogP contribution in [-0.4, -0.2) is 20.5 Å². The Kier molecular flexibility index (Phi) is 4.88. The average Bonchev–Trinajstić information content (AvgIpc) is 3.11. The molecule has 2 aromatic carbocycles. The van der Waals surface area contributed by atoms with E-state index >= 15 is 0 Å². The maximum absolute atomic E-state index is 13.3. The summed E-state index contributed by atoms with van der Waals surface area (Å²) in [6, 6.07) is 12.4. The number of Topliss-reactive ketones (excluding diaryl/α,β-unsaturated/α-hetero) is 1. The van der Waals surface area contributed by atoms with Crippen molar-refractivity contribution in [2.24, 2.45) is 5.41 Å². The molecule has 3 aromatic rings. The minimum absolute atomic E-state index is 0.0928. The fourth-order valence-electron chi connectivity index (χ4n) is 4.36. The Balaban J connectivity index is 1.71. The minimum atomic E-state index is -0.451. The van der Waals surface area contributed by atoms with Crippen LogP contribution in [-0.2, 0) is 4.79 Å². The van der Waals surface area contributed by atoms with E-state index in [1.54, 1.807) is 22.9 Å². The van der Waals surface area contributed by atoms with Gasteiger partial charge in [0.15, 0.2) is 11.6 Å². The molecule has 1 N–H and O–H groups in total. The van der Waals surface area contributed by atoms with Crippen molar-refractivity contribution in [2.45, 2.75) is 32.7 Å². The first-order valence-electron chi connectivity index (χ1n) is 9.93. The second-order valence-electron chi connectivity index (χ2n) is 8.72. The summed E-state index contributed by atoms with van der Waals surface area (Å²) in [4.78, 5) is 18.0. The number of hydrogen-bond acceptors (Lipinski definition) is 4. The van der Waals surface area contributed by atoms with E-state index in [9.17, 15) is 4.79 Å². The zero-order valence-corrected chi connectivity index (χ0v) is 19.2. The topological polar surface area (TPSA) is 59.8 Å². The molecule has 31 heavy (non-hydrogen) atoms. The number of nitrogens with one attached hydrogen (secondary N) is 1. The average molecular weight is 474 g/mol. The van der Waals surface area contributed by atoms with Crippen LogP contribution in [0.25, 0.3) is 11.4 Å². The first-order chi connectivity index (χ1) is 14.7. The van der Waals surface area contributed by atoms with Gasteiger partial charge in [0.2, 0.25) is 5.95 Å². The quantitative estimate of drug-likeness (QED) is 0.457. The highest BCUT2D eigenvalue weighted by Crippen LogP contribution is 2.46. The van der Waals surface area contributed by atoms with E-state index in [2.05, 4.69) is 19.2 Å². The summed E-state index contributed by atoms with van der Waals surface area (Å²) in [6.45, 7) is 4.19. The zero-order valence-electron chi connectivity index (χ0n) is 16.9. The third kappa shape index (κ3) is 3.55. The number of nitrogens with zero attached hydrogens (tertiary/aromatic N) is 3. The molecular weight excluding hydrogens is 455 g/mol. The molecule has 1 aliphatic heterocycles. The van der Waals surface area contributed by atoms with E-state index in [0.717, 1.165) is 23.2 Å². The van der Waals surface area contributed by atoms with Crippen LogP contribution in [0.3, 0.4) is 0 Å². The first kappa shape index (κ1) is 20.6. The summed E-state index contributed by atoms with van der Waals surface area (Å²) in [5.41, 5.74) is 2.99. The SMILES string of the molecule is CC1(C)CC(=O)C2=C(C1)Nc1nc(-c3ccccc3Cl)nn1C2c1ccc(Cl)c(Cl)c1. The maximum Gasteiger partial charge on any atom is 0.226 e. The molecule has 0 saturated carbocycles. The Bertz CT molecular complexity index is 1260. The lowest BCUT2D eigenvalue weighted by atomic mass is 9.73. The largest absolute Gasteiger partial charge is 0.328 e. The number of benzene rings is 2. The van der Waals surface area contributed by atoms with E-state index < -0.39 is 6.04 Å². The van der Waals surface area contributed by atoms with Gasteiger partial charge >= 0.3 is 0 Å². The molecule has 0 amide bonds. The molecule has 2 heterocycles. The zero-order chi connectivity index (χ0) is 21.9. The summed E-state index contributed by atoms with van der Waals surface area (Å²) in [7, 11) is 0. The van der Waals surface area contributed by atoms with E-state index in [1.165, 1.54) is 0 Å². The van der Waals surface area contributed by atoms with Crippen molar-refractivity contribution >= 4 is 46.5 Å². The van der Waals surface area contributed by atoms with Crippen molar-refractivity contribution in [2.75, 3.05) is 5.32 Å². The number of fused-ring (bicyclic) bond motifs is 1. The Morgan fingerprint density at radius 3 is 2.55 bits per heavy atom. The highest BCUT2D eigenvalue weighted by molar-refractivity contribution is 6.42. The molecule has 0 saturated heterocycles. The summed E-state index contributed by atoms with van der Waals surface area (Å²) in [5.74, 6) is 1.15. The van der Waals surface area contributed by atoms with Crippen LogP contribution in [0.4, 0.5) is 5.95 Å². The van der Waals surface area contributed by atoms with Gasteiger partial charge in [0.25, 0.3) is 0 Å². The van der Waals surface area contributed by atoms with Gasteiger partial charge in [-0.2, -0.15) is 4.98 Å². The predicted octanol–water partition coefficient (Wildman–Crippen LogP) is 6.56. The second-order valence-corrected chi connectivity index (χ2v) is 9.94. The van der Waals surface area contributed by atoms with Crippen molar-refractivity contribution in [3.8, 4) is 11.4 Å². The van der Waals surface area contributed by atoms with E-state index in [1.807, 2.05) is 24.3 Å². The molecule has 1 atom stereocenters.